The summed E-state index contributed by atoms with van der Waals surface area (Å²) in [4.78, 5) is 2.40. The lowest BCUT2D eigenvalue weighted by Crippen LogP contribution is -2.39. The molecule has 242 valence electrons. The molecule has 0 saturated carbocycles. The highest BCUT2D eigenvalue weighted by molar-refractivity contribution is 5.96. The van der Waals surface area contributed by atoms with E-state index in [0.717, 1.165) is 32.1 Å². The number of para-hydroxylation sites is 1. The Morgan fingerprint density at radius 3 is 1.98 bits per heavy atom. The molecule has 3 aliphatic rings. The van der Waals surface area contributed by atoms with Gasteiger partial charge in [0.15, 0.2) is 0 Å². The van der Waals surface area contributed by atoms with E-state index in [-0.39, 0.29) is 5.92 Å². The molecule has 0 aliphatic heterocycles. The number of rotatable bonds is 6. The zero-order valence-corrected chi connectivity index (χ0v) is 28.6. The molecule has 1 nitrogen and oxygen atoms in total. The van der Waals surface area contributed by atoms with Crippen LogP contribution in [0.25, 0.3) is 28.0 Å². The van der Waals surface area contributed by atoms with Crippen LogP contribution >= 0.6 is 0 Å². The first-order valence-corrected chi connectivity index (χ1v) is 18.2. The van der Waals surface area contributed by atoms with Crippen LogP contribution in [0.2, 0.25) is 0 Å². The molecule has 6 aromatic carbocycles. The van der Waals surface area contributed by atoms with Crippen LogP contribution in [0.5, 0.6) is 0 Å². The normalized spacial score (nSPS) is 16.6. The highest BCUT2D eigenvalue weighted by Crippen LogP contribution is 2.41. The molecule has 3 aliphatic carbocycles. The van der Waals surface area contributed by atoms with E-state index >= 15 is 0 Å². The highest BCUT2D eigenvalue weighted by Gasteiger charge is 2.29. The molecule has 0 heterocycles. The minimum absolute atomic E-state index is 0.215. The molecule has 0 aromatic heterocycles. The summed E-state index contributed by atoms with van der Waals surface area (Å²) >= 11 is 0. The van der Waals surface area contributed by atoms with Gasteiger partial charge < -0.3 is 4.90 Å². The molecule has 9 rings (SSSR count). The molecule has 1 heteroatoms. The maximum absolute atomic E-state index is 2.42. The lowest BCUT2D eigenvalue weighted by atomic mass is 9.73. The third-order valence-electron chi connectivity index (χ3n) is 10.8. The second-order valence-electron chi connectivity index (χ2n) is 13.9. The van der Waals surface area contributed by atoms with Crippen molar-refractivity contribution < 1.29 is 0 Å². The number of fused-ring (bicyclic) bond motifs is 6. The van der Waals surface area contributed by atoms with Crippen molar-refractivity contribution >= 4 is 39.4 Å². The van der Waals surface area contributed by atoms with Crippen LogP contribution in [-0.2, 0) is 6.42 Å². The van der Waals surface area contributed by atoms with Crippen molar-refractivity contribution in [2.45, 2.75) is 44.9 Å². The first-order valence-electron chi connectivity index (χ1n) is 18.2. The van der Waals surface area contributed by atoms with Gasteiger partial charge in [-0.05, 0) is 130 Å². The van der Waals surface area contributed by atoms with Gasteiger partial charge in [-0.25, -0.2) is 0 Å². The molecule has 1 unspecified atom stereocenters. The predicted octanol–water partition coefficient (Wildman–Crippen LogP) is 11.1. The quantitative estimate of drug-likeness (QED) is 0.175. The monoisotopic (exact) mass is 643 g/mol. The van der Waals surface area contributed by atoms with E-state index in [1.165, 1.54) is 82.8 Å². The largest absolute Gasteiger partial charge is 0.311 e. The standard InChI is InChI=1S/C49H41N/c1-34-25-27-35(28-26-34)45-33-46(36-29-31-40(32-30-36)50(38-17-7-3-8-18-38)39-19-9-4-10-20-39)48-43-23-13-11-21-41(43)42-22-12-14-24-44(42)49(48)47(45)37-15-5-2-6-16-37/h2-3,5-9,12-20,22-32,45H,4,10-11,21,33H2,1H3. The molecule has 6 aromatic rings. The second kappa shape index (κ2) is 13.0. The average molecular weight is 644 g/mol. The summed E-state index contributed by atoms with van der Waals surface area (Å²) in [6, 6.07) is 49.8. The van der Waals surface area contributed by atoms with Gasteiger partial charge in [-0.1, -0.05) is 139 Å². The molecule has 0 amide bonds. The van der Waals surface area contributed by atoms with Crippen LogP contribution in [0.1, 0.15) is 65.0 Å². The minimum atomic E-state index is 0.215. The molecule has 0 fully saturated rings. The van der Waals surface area contributed by atoms with Crippen molar-refractivity contribution in [3.8, 4) is 0 Å². The van der Waals surface area contributed by atoms with Gasteiger partial charge in [-0.15, -0.1) is 0 Å². The van der Waals surface area contributed by atoms with Crippen LogP contribution in [-0.4, -0.2) is 0 Å². The number of aryl methyl sites for hydroxylation is 2. The fraction of sp³-hybridized carbons (Fsp3) is 0.143. The summed E-state index contributed by atoms with van der Waals surface area (Å²) in [5.74, 6) is 0.215. The van der Waals surface area contributed by atoms with Crippen LogP contribution in [0.15, 0.2) is 163 Å². The van der Waals surface area contributed by atoms with Crippen molar-refractivity contribution in [3.63, 3.8) is 0 Å². The number of nitrogens with zero attached hydrogens (tertiary/aromatic N) is 1. The zero-order chi connectivity index (χ0) is 33.4. The van der Waals surface area contributed by atoms with E-state index in [1.54, 1.807) is 0 Å². The van der Waals surface area contributed by atoms with E-state index in [2.05, 4.69) is 176 Å². The smallest absolute Gasteiger partial charge is 0.0461 e. The van der Waals surface area contributed by atoms with Crippen molar-refractivity contribution in [2.75, 3.05) is 4.90 Å². The van der Waals surface area contributed by atoms with Crippen molar-refractivity contribution in [1.29, 1.82) is 0 Å². The fourth-order valence-electron chi connectivity index (χ4n) is 8.50. The zero-order valence-electron chi connectivity index (χ0n) is 28.6. The van der Waals surface area contributed by atoms with Gasteiger partial charge in [0, 0.05) is 23.0 Å². The molecule has 0 bridgehead atoms. The molecule has 50 heavy (non-hydrogen) atoms. The number of allylic oxidation sites excluding steroid dienone is 4. The van der Waals surface area contributed by atoms with E-state index in [4.69, 9.17) is 0 Å². The van der Waals surface area contributed by atoms with Crippen molar-refractivity contribution in [3.05, 3.63) is 207 Å². The molecular weight excluding hydrogens is 603 g/mol. The van der Waals surface area contributed by atoms with E-state index in [0.29, 0.717) is 0 Å². The third kappa shape index (κ3) is 5.35. The molecule has 0 saturated heterocycles. The van der Waals surface area contributed by atoms with Gasteiger partial charge in [0.25, 0.3) is 0 Å². The minimum Gasteiger partial charge on any atom is -0.311 e. The Kier molecular flexibility index (Phi) is 7.90. The SMILES string of the molecule is Cc1ccc(C2CC(c3ccc(N(C4=CCCC=C4)c4ccccc4)cc3)=c3c4c(c5ccccc5c3=C2c2ccccc2)CCC=C4)cc1. The van der Waals surface area contributed by atoms with Gasteiger partial charge in [0.05, 0.1) is 0 Å². The molecular formula is C49H41N. The fourth-order valence-corrected chi connectivity index (χ4v) is 8.50. The van der Waals surface area contributed by atoms with Gasteiger partial charge in [-0.2, -0.15) is 0 Å². The van der Waals surface area contributed by atoms with Gasteiger partial charge in [0.1, 0.15) is 0 Å². The Morgan fingerprint density at radius 2 is 1.24 bits per heavy atom. The Bertz CT molecular complexity index is 2430. The van der Waals surface area contributed by atoms with E-state index in [9.17, 15) is 0 Å². The summed E-state index contributed by atoms with van der Waals surface area (Å²) in [5, 5.41) is 5.58. The van der Waals surface area contributed by atoms with E-state index in [1.807, 2.05) is 0 Å². The van der Waals surface area contributed by atoms with Crippen LogP contribution < -0.4 is 15.3 Å². The van der Waals surface area contributed by atoms with Gasteiger partial charge >= 0.3 is 0 Å². The number of anilines is 2. The van der Waals surface area contributed by atoms with Crippen LogP contribution in [0, 0.1) is 6.92 Å². The molecule has 0 spiro atoms. The summed E-state index contributed by atoms with van der Waals surface area (Å²) in [7, 11) is 0. The second-order valence-corrected chi connectivity index (χ2v) is 13.9. The Morgan fingerprint density at radius 1 is 0.560 bits per heavy atom. The summed E-state index contributed by atoms with van der Waals surface area (Å²) in [6.45, 7) is 2.19. The number of hydrogen-bond acceptors (Lipinski definition) is 1. The average Bonchev–Trinajstić information content (AvgIpc) is 3.19. The predicted molar refractivity (Wildman–Crippen MR) is 212 cm³/mol. The first kappa shape index (κ1) is 30.4. The van der Waals surface area contributed by atoms with Crippen molar-refractivity contribution in [2.24, 2.45) is 0 Å². The third-order valence-corrected chi connectivity index (χ3v) is 10.8. The highest BCUT2D eigenvalue weighted by atomic mass is 15.1. The van der Waals surface area contributed by atoms with Gasteiger partial charge in [-0.3, -0.25) is 0 Å². The lowest BCUT2D eigenvalue weighted by Gasteiger charge is -2.31. The molecule has 0 radical (unpaired) electrons. The summed E-state index contributed by atoms with van der Waals surface area (Å²) in [5.41, 5.74) is 14.6. The lowest BCUT2D eigenvalue weighted by molar-refractivity contribution is 0.871. The van der Waals surface area contributed by atoms with E-state index < -0.39 is 0 Å². The Labute approximate surface area is 295 Å². The topological polar surface area (TPSA) is 3.24 Å². The molecule has 0 N–H and O–H groups in total. The molecule has 1 atom stereocenters. The Balaban J connectivity index is 1.34. The number of benzene rings is 6. The van der Waals surface area contributed by atoms with Crippen molar-refractivity contribution in [1.82, 2.24) is 0 Å². The summed E-state index contributed by atoms with van der Waals surface area (Å²) in [6.07, 6.45) is 17.0. The van der Waals surface area contributed by atoms with Crippen LogP contribution in [0.4, 0.5) is 11.4 Å². The number of hydrogen-bond donors (Lipinski definition) is 0. The maximum atomic E-state index is 2.42. The Hall–Kier alpha value is -5.66. The van der Waals surface area contributed by atoms with Crippen LogP contribution in [0.3, 0.4) is 0 Å². The first-order chi connectivity index (χ1) is 24.7. The maximum Gasteiger partial charge on any atom is 0.0461 e. The van der Waals surface area contributed by atoms with Gasteiger partial charge in [0.2, 0.25) is 0 Å². The summed E-state index contributed by atoms with van der Waals surface area (Å²) < 4.78 is 0.